The van der Waals surface area contributed by atoms with E-state index in [0.29, 0.717) is 17.1 Å². The Labute approximate surface area is 160 Å². The van der Waals surface area contributed by atoms with Crippen molar-refractivity contribution >= 4 is 11.6 Å². The Kier molecular flexibility index (Phi) is 4.60. The molecule has 0 aliphatic carbocycles. The van der Waals surface area contributed by atoms with Gasteiger partial charge in [-0.25, -0.2) is 9.07 Å². The lowest BCUT2D eigenvalue weighted by Gasteiger charge is -2.13. The van der Waals surface area contributed by atoms with Gasteiger partial charge in [0.25, 0.3) is 5.91 Å². The van der Waals surface area contributed by atoms with Crippen molar-refractivity contribution in [2.45, 2.75) is 26.3 Å². The van der Waals surface area contributed by atoms with Gasteiger partial charge in [0.2, 0.25) is 0 Å². The minimum Gasteiger partial charge on any atom is -0.345 e. The predicted molar refractivity (Wildman–Crippen MR) is 102 cm³/mol. The number of halogens is 1. The second kappa shape index (κ2) is 7.22. The van der Waals surface area contributed by atoms with E-state index in [9.17, 15) is 9.18 Å². The van der Waals surface area contributed by atoms with Crippen molar-refractivity contribution in [1.29, 1.82) is 0 Å². The fourth-order valence-electron chi connectivity index (χ4n) is 3.14. The first kappa shape index (κ1) is 17.8. The molecule has 0 fully saturated rings. The summed E-state index contributed by atoms with van der Waals surface area (Å²) in [5, 5.41) is 15.4. The average Bonchev–Trinajstić information content (AvgIpc) is 3.31. The molecule has 0 radical (unpaired) electrons. The van der Waals surface area contributed by atoms with Gasteiger partial charge in [0.05, 0.1) is 29.7 Å². The molecule has 3 heterocycles. The predicted octanol–water partition coefficient (Wildman–Crippen LogP) is 3.11. The third-order valence-electron chi connectivity index (χ3n) is 4.46. The lowest BCUT2D eigenvalue weighted by atomic mass is 10.1. The first-order chi connectivity index (χ1) is 13.5. The molecule has 4 rings (SSSR count). The molecule has 1 aromatic carbocycles. The van der Waals surface area contributed by atoms with Crippen molar-refractivity contribution in [2.24, 2.45) is 0 Å². The molecule has 0 saturated heterocycles. The van der Waals surface area contributed by atoms with E-state index in [1.807, 2.05) is 42.6 Å². The summed E-state index contributed by atoms with van der Waals surface area (Å²) in [4.78, 5) is 12.8. The zero-order chi connectivity index (χ0) is 19.7. The molecule has 8 heteroatoms. The Hall–Kier alpha value is -3.55. The molecule has 0 saturated carbocycles. The van der Waals surface area contributed by atoms with Crippen LogP contribution in [0.3, 0.4) is 0 Å². The number of rotatable bonds is 5. The fourth-order valence-corrected chi connectivity index (χ4v) is 3.14. The summed E-state index contributed by atoms with van der Waals surface area (Å²) in [6.07, 6.45) is 3.39. The molecular weight excluding hydrogens is 359 g/mol. The maximum Gasteiger partial charge on any atom is 0.255 e. The number of benzene rings is 1. The second-order valence-electron chi connectivity index (χ2n) is 6.71. The third-order valence-corrected chi connectivity index (χ3v) is 4.46. The van der Waals surface area contributed by atoms with Crippen LogP contribution in [0.25, 0.3) is 11.3 Å². The summed E-state index contributed by atoms with van der Waals surface area (Å²) >= 11 is 0. The molecule has 0 aliphatic rings. The zero-order valence-corrected chi connectivity index (χ0v) is 15.5. The lowest BCUT2D eigenvalue weighted by molar-refractivity contribution is 0.0948. The molecule has 0 spiro atoms. The number of carbonyl (C=O) groups excluding carboxylic acids is 1. The fraction of sp³-hybridized carbons (Fsp3) is 0.200. The highest BCUT2D eigenvalue weighted by Crippen LogP contribution is 2.23. The van der Waals surface area contributed by atoms with E-state index in [-0.39, 0.29) is 24.2 Å². The van der Waals surface area contributed by atoms with E-state index in [1.54, 1.807) is 16.8 Å². The van der Waals surface area contributed by atoms with E-state index in [0.717, 1.165) is 11.3 Å². The standard InChI is InChI=1S/C20H19FN6O/c1-13(2)19-16(11-23-27(19)15-8-6-14(21)7-9-15)20(28)22-12-18-25-24-17-5-3-4-10-26(17)18/h3-11,13H,12H2,1-2H3,(H,22,28). The Morgan fingerprint density at radius 3 is 2.68 bits per heavy atom. The SMILES string of the molecule is CC(C)c1c(C(=O)NCc2nnc3ccccn23)cnn1-c1ccc(F)cc1. The molecule has 0 unspecified atom stereocenters. The first-order valence-corrected chi connectivity index (χ1v) is 8.95. The first-order valence-electron chi connectivity index (χ1n) is 8.95. The molecule has 1 amide bonds. The van der Waals surface area contributed by atoms with E-state index >= 15 is 0 Å². The van der Waals surface area contributed by atoms with Gasteiger partial charge < -0.3 is 5.32 Å². The summed E-state index contributed by atoms with van der Waals surface area (Å²) in [5.74, 6) is 0.119. The number of carbonyl (C=O) groups is 1. The van der Waals surface area contributed by atoms with Gasteiger partial charge in [0.15, 0.2) is 11.5 Å². The van der Waals surface area contributed by atoms with E-state index in [4.69, 9.17) is 0 Å². The molecule has 4 aromatic rings. The third kappa shape index (κ3) is 3.24. The van der Waals surface area contributed by atoms with E-state index in [2.05, 4.69) is 20.6 Å². The normalized spacial score (nSPS) is 11.3. The maximum atomic E-state index is 13.2. The number of hydrogen-bond donors (Lipinski definition) is 1. The number of nitrogens with one attached hydrogen (secondary N) is 1. The minimum atomic E-state index is -0.319. The summed E-state index contributed by atoms with van der Waals surface area (Å²) < 4.78 is 16.7. The van der Waals surface area contributed by atoms with Crippen LogP contribution < -0.4 is 5.32 Å². The molecule has 3 aromatic heterocycles. The molecule has 0 aliphatic heterocycles. The van der Waals surface area contributed by atoms with Gasteiger partial charge in [-0.2, -0.15) is 5.10 Å². The summed E-state index contributed by atoms with van der Waals surface area (Å²) in [6, 6.07) is 11.6. The van der Waals surface area contributed by atoms with Crippen LogP contribution in [0.2, 0.25) is 0 Å². The molecule has 0 bridgehead atoms. The van der Waals surface area contributed by atoms with Crippen LogP contribution >= 0.6 is 0 Å². The van der Waals surface area contributed by atoms with Crippen LogP contribution in [0.4, 0.5) is 4.39 Å². The van der Waals surface area contributed by atoms with Crippen LogP contribution in [-0.2, 0) is 6.54 Å². The van der Waals surface area contributed by atoms with Crippen LogP contribution in [0.15, 0.2) is 54.9 Å². The van der Waals surface area contributed by atoms with Gasteiger partial charge in [-0.1, -0.05) is 19.9 Å². The van der Waals surface area contributed by atoms with Crippen LogP contribution in [-0.4, -0.2) is 30.3 Å². The summed E-state index contributed by atoms with van der Waals surface area (Å²) in [7, 11) is 0. The Morgan fingerprint density at radius 2 is 1.93 bits per heavy atom. The van der Waals surface area contributed by atoms with Gasteiger partial charge in [-0.05, 0) is 42.3 Å². The highest BCUT2D eigenvalue weighted by molar-refractivity contribution is 5.95. The summed E-state index contributed by atoms with van der Waals surface area (Å²) in [6.45, 7) is 4.21. The minimum absolute atomic E-state index is 0.0437. The number of pyridine rings is 1. The number of amides is 1. The molecule has 28 heavy (non-hydrogen) atoms. The zero-order valence-electron chi connectivity index (χ0n) is 15.5. The Morgan fingerprint density at radius 1 is 1.14 bits per heavy atom. The van der Waals surface area contributed by atoms with Crippen molar-refractivity contribution in [3.63, 3.8) is 0 Å². The molecule has 7 nitrogen and oxygen atoms in total. The maximum absolute atomic E-state index is 13.2. The molecule has 0 atom stereocenters. The van der Waals surface area contributed by atoms with Crippen molar-refractivity contribution in [1.82, 2.24) is 29.7 Å². The van der Waals surface area contributed by atoms with Crippen molar-refractivity contribution in [3.8, 4) is 5.69 Å². The molecule has 142 valence electrons. The monoisotopic (exact) mass is 378 g/mol. The number of fused-ring (bicyclic) bond motifs is 1. The molecule has 1 N–H and O–H groups in total. The van der Waals surface area contributed by atoms with Crippen LogP contribution in [0.1, 0.15) is 41.6 Å². The van der Waals surface area contributed by atoms with Gasteiger partial charge in [-0.15, -0.1) is 10.2 Å². The molecular formula is C20H19FN6O. The summed E-state index contributed by atoms with van der Waals surface area (Å²) in [5.41, 5.74) is 2.66. The van der Waals surface area contributed by atoms with Crippen molar-refractivity contribution < 1.29 is 9.18 Å². The highest BCUT2D eigenvalue weighted by Gasteiger charge is 2.21. The quantitative estimate of drug-likeness (QED) is 0.579. The topological polar surface area (TPSA) is 77.1 Å². The van der Waals surface area contributed by atoms with Gasteiger partial charge in [0, 0.05) is 6.20 Å². The van der Waals surface area contributed by atoms with Gasteiger partial charge in [-0.3, -0.25) is 9.20 Å². The Balaban J connectivity index is 1.59. The van der Waals surface area contributed by atoms with Crippen LogP contribution in [0.5, 0.6) is 0 Å². The average molecular weight is 378 g/mol. The highest BCUT2D eigenvalue weighted by atomic mass is 19.1. The van der Waals surface area contributed by atoms with Crippen molar-refractivity contribution in [2.75, 3.05) is 0 Å². The number of hydrogen-bond acceptors (Lipinski definition) is 4. The van der Waals surface area contributed by atoms with Crippen LogP contribution in [0, 0.1) is 5.82 Å². The van der Waals surface area contributed by atoms with Gasteiger partial charge in [0.1, 0.15) is 5.82 Å². The van der Waals surface area contributed by atoms with Crippen molar-refractivity contribution in [3.05, 3.63) is 77.8 Å². The second-order valence-corrected chi connectivity index (χ2v) is 6.71. The van der Waals surface area contributed by atoms with Gasteiger partial charge >= 0.3 is 0 Å². The largest absolute Gasteiger partial charge is 0.345 e. The van der Waals surface area contributed by atoms with E-state index in [1.165, 1.54) is 18.3 Å². The smallest absolute Gasteiger partial charge is 0.255 e. The van der Waals surface area contributed by atoms with E-state index < -0.39 is 0 Å². The lowest BCUT2D eigenvalue weighted by Crippen LogP contribution is -2.25. The number of nitrogens with zero attached hydrogens (tertiary/aromatic N) is 5. The number of aromatic nitrogens is 5. The Bertz CT molecular complexity index is 1130.